The maximum Gasteiger partial charge on any atom is 0.251 e. The number of hydrogen-bond acceptors (Lipinski definition) is 3. The van der Waals surface area contributed by atoms with Gasteiger partial charge in [-0.25, -0.2) is 4.98 Å². The van der Waals surface area contributed by atoms with E-state index in [4.69, 9.17) is 11.6 Å². The number of nitrogens with zero attached hydrogens (tertiary/aromatic N) is 2. The number of amides is 1. The molecule has 6 heteroatoms. The van der Waals surface area contributed by atoms with Crippen LogP contribution in [0.2, 0.25) is 5.02 Å². The van der Waals surface area contributed by atoms with Crippen LogP contribution in [0.4, 0.5) is 5.82 Å². The minimum atomic E-state index is -0.142. The van der Waals surface area contributed by atoms with E-state index < -0.39 is 0 Å². The molecule has 1 aliphatic rings. The van der Waals surface area contributed by atoms with Gasteiger partial charge in [-0.3, -0.25) is 4.79 Å². The molecule has 1 fully saturated rings. The van der Waals surface area contributed by atoms with Crippen molar-refractivity contribution in [2.45, 2.75) is 26.8 Å². The zero-order valence-corrected chi connectivity index (χ0v) is 16.4. The highest BCUT2D eigenvalue weighted by Gasteiger charge is 2.30. The van der Waals surface area contributed by atoms with Gasteiger partial charge in [0.15, 0.2) is 0 Å². The van der Waals surface area contributed by atoms with Crippen LogP contribution < -0.4 is 10.2 Å². The van der Waals surface area contributed by atoms with Gasteiger partial charge in [0, 0.05) is 29.3 Å². The van der Waals surface area contributed by atoms with E-state index in [0.717, 1.165) is 21.4 Å². The van der Waals surface area contributed by atoms with E-state index in [1.807, 2.05) is 37.8 Å². The molecule has 0 aromatic carbocycles. The van der Waals surface area contributed by atoms with Crippen molar-refractivity contribution in [1.29, 1.82) is 0 Å². The molecule has 2 rings (SSSR count). The second-order valence-corrected chi connectivity index (χ2v) is 7.06. The Balaban J connectivity index is 1.90. The topological polar surface area (TPSA) is 45.2 Å². The average Bonchev–Trinajstić information content (AvgIpc) is 2.52. The van der Waals surface area contributed by atoms with Crippen LogP contribution in [0.25, 0.3) is 0 Å². The third kappa shape index (κ3) is 4.28. The van der Waals surface area contributed by atoms with Crippen molar-refractivity contribution in [1.82, 2.24) is 10.3 Å². The fourth-order valence-corrected chi connectivity index (χ4v) is 2.85. The summed E-state index contributed by atoms with van der Waals surface area (Å²) in [7, 11) is 0. The Morgan fingerprint density at radius 2 is 2.12 bits per heavy atom. The van der Waals surface area contributed by atoms with E-state index in [9.17, 15) is 4.79 Å². The summed E-state index contributed by atoms with van der Waals surface area (Å²) in [5.74, 6) is 0.589. The molecule has 1 amide bonds. The van der Waals surface area contributed by atoms with Crippen LogP contribution in [-0.4, -0.2) is 30.0 Å². The normalized spacial score (nSPS) is 16.0. The molecule has 0 radical (unpaired) electrons. The molecule has 0 unspecified atom stereocenters. The molecule has 0 bridgehead atoms. The number of nitrogens with one attached hydrogen (secondary N) is 1. The first-order valence-electron chi connectivity index (χ1n) is 7.69. The number of hydrogen-bond donors (Lipinski definition) is 1. The Labute approximate surface area is 156 Å². The van der Waals surface area contributed by atoms with E-state index in [0.29, 0.717) is 23.7 Å². The average molecular weight is 411 g/mol. The van der Waals surface area contributed by atoms with Gasteiger partial charge in [0.2, 0.25) is 0 Å². The molecule has 0 atom stereocenters. The zero-order chi connectivity index (χ0) is 17.9. The van der Waals surface area contributed by atoms with Gasteiger partial charge in [0.1, 0.15) is 5.82 Å². The van der Waals surface area contributed by atoms with Gasteiger partial charge < -0.3 is 10.2 Å². The first-order valence-corrected chi connectivity index (χ1v) is 8.87. The largest absolute Gasteiger partial charge is 0.351 e. The number of carbonyl (C=O) groups excluding carboxylic acids is 1. The quantitative estimate of drug-likeness (QED) is 0.582. The van der Waals surface area contributed by atoms with Gasteiger partial charge in [-0.2, -0.15) is 0 Å². The van der Waals surface area contributed by atoms with Crippen molar-refractivity contribution in [3.8, 4) is 0 Å². The third-order valence-corrected chi connectivity index (χ3v) is 5.34. The van der Waals surface area contributed by atoms with Crippen LogP contribution in [0, 0.1) is 0 Å². The van der Waals surface area contributed by atoms with Gasteiger partial charge in [-0.05, 0) is 54.4 Å². The van der Waals surface area contributed by atoms with Crippen molar-refractivity contribution in [2.24, 2.45) is 0 Å². The lowest BCUT2D eigenvalue weighted by atomic mass is 10.1. The van der Waals surface area contributed by atoms with Gasteiger partial charge in [-0.15, -0.1) is 0 Å². The number of anilines is 1. The van der Waals surface area contributed by atoms with Crippen molar-refractivity contribution >= 4 is 39.3 Å². The van der Waals surface area contributed by atoms with Crippen LogP contribution in [-0.2, 0) is 4.79 Å². The Morgan fingerprint density at radius 3 is 2.75 bits per heavy atom. The summed E-state index contributed by atoms with van der Waals surface area (Å²) < 4.78 is 0.815. The molecule has 1 aromatic rings. The lowest BCUT2D eigenvalue weighted by Gasteiger charge is -2.40. The number of rotatable bonds is 5. The lowest BCUT2D eigenvalue weighted by Crippen LogP contribution is -2.59. The molecule has 128 valence electrons. The molecule has 24 heavy (non-hydrogen) atoms. The second kappa shape index (κ2) is 7.99. The molecule has 1 aliphatic heterocycles. The van der Waals surface area contributed by atoms with Crippen LogP contribution in [0.5, 0.6) is 0 Å². The highest BCUT2D eigenvalue weighted by Crippen LogP contribution is 2.32. The minimum Gasteiger partial charge on any atom is -0.351 e. The minimum absolute atomic E-state index is 0.0719. The molecule has 1 N–H and O–H groups in total. The van der Waals surface area contributed by atoms with Crippen LogP contribution >= 0.6 is 27.5 Å². The van der Waals surface area contributed by atoms with E-state index in [1.165, 1.54) is 0 Å². The number of halogens is 2. The smallest absolute Gasteiger partial charge is 0.251 e. The third-order valence-electron chi connectivity index (χ3n) is 4.08. The van der Waals surface area contributed by atoms with Gasteiger partial charge in [-0.1, -0.05) is 29.8 Å². The molecular formula is C18H21BrClN3O. The predicted molar refractivity (Wildman–Crippen MR) is 103 cm³/mol. The summed E-state index contributed by atoms with van der Waals surface area (Å²) in [5, 5.41) is 3.58. The zero-order valence-electron chi connectivity index (χ0n) is 14.1. The van der Waals surface area contributed by atoms with E-state index >= 15 is 0 Å². The predicted octanol–water partition coefficient (Wildman–Crippen LogP) is 4.27. The molecule has 2 heterocycles. The maximum atomic E-state index is 12.2. The first-order chi connectivity index (χ1) is 11.3. The number of allylic oxidation sites excluding steroid dienone is 3. The molecule has 0 saturated carbocycles. The Bertz CT molecular complexity index is 721. The van der Waals surface area contributed by atoms with E-state index in [1.54, 1.807) is 12.3 Å². The van der Waals surface area contributed by atoms with Crippen molar-refractivity contribution in [3.63, 3.8) is 0 Å². The van der Waals surface area contributed by atoms with Crippen molar-refractivity contribution in [3.05, 3.63) is 57.2 Å². The van der Waals surface area contributed by atoms with Gasteiger partial charge in [0.05, 0.1) is 11.1 Å². The maximum absolute atomic E-state index is 12.2. The summed E-state index contributed by atoms with van der Waals surface area (Å²) in [4.78, 5) is 18.5. The summed E-state index contributed by atoms with van der Waals surface area (Å²) in [5.41, 5.74) is 2.64. The standard InChI is InChI=1S/C18H21BrClN3O/c1-5-11(2)12(3)8-13(4)18(24)22-14-9-23(10-14)17-16(20)15(19)6-7-21-17/h5-8,14H,4,9-10H2,1-3H3,(H,22,24)/b11-5-,12-8+. The molecule has 1 aromatic heterocycles. The summed E-state index contributed by atoms with van der Waals surface area (Å²) in [6.07, 6.45) is 5.53. The number of aromatic nitrogens is 1. The van der Waals surface area contributed by atoms with Crippen LogP contribution in [0.15, 0.2) is 52.2 Å². The number of carbonyl (C=O) groups is 1. The van der Waals surface area contributed by atoms with Gasteiger partial charge >= 0.3 is 0 Å². The fourth-order valence-electron chi connectivity index (χ4n) is 2.32. The van der Waals surface area contributed by atoms with E-state index in [-0.39, 0.29) is 11.9 Å². The Hall–Kier alpha value is -1.59. The van der Waals surface area contributed by atoms with Gasteiger partial charge in [0.25, 0.3) is 5.91 Å². The van der Waals surface area contributed by atoms with Crippen molar-refractivity contribution in [2.75, 3.05) is 18.0 Å². The SMILES string of the molecule is C=C(/C=C(C)/C(C)=C\C)C(=O)NC1CN(c2nccc(Br)c2Cl)C1. The highest BCUT2D eigenvalue weighted by atomic mass is 79.9. The summed E-state index contributed by atoms with van der Waals surface area (Å²) in [6.45, 7) is 11.2. The second-order valence-electron chi connectivity index (χ2n) is 5.83. The lowest BCUT2D eigenvalue weighted by molar-refractivity contribution is -0.118. The van der Waals surface area contributed by atoms with Crippen LogP contribution in [0.1, 0.15) is 20.8 Å². The summed E-state index contributed by atoms with van der Waals surface area (Å²) >= 11 is 9.63. The molecule has 0 aliphatic carbocycles. The van der Waals surface area contributed by atoms with E-state index in [2.05, 4.69) is 32.8 Å². The fraction of sp³-hybridized carbons (Fsp3) is 0.333. The molecular weight excluding hydrogens is 390 g/mol. The monoisotopic (exact) mass is 409 g/mol. The summed E-state index contributed by atoms with van der Waals surface area (Å²) in [6, 6.07) is 1.87. The molecule has 1 saturated heterocycles. The highest BCUT2D eigenvalue weighted by molar-refractivity contribution is 9.10. The van der Waals surface area contributed by atoms with Crippen LogP contribution in [0.3, 0.4) is 0 Å². The van der Waals surface area contributed by atoms with Crippen molar-refractivity contribution < 1.29 is 4.79 Å². The molecule has 0 spiro atoms. The Kier molecular flexibility index (Phi) is 6.24. The molecule has 4 nitrogen and oxygen atoms in total. The number of pyridine rings is 1. The Morgan fingerprint density at radius 1 is 1.46 bits per heavy atom. The first kappa shape index (κ1) is 18.7.